The van der Waals surface area contributed by atoms with Gasteiger partial charge < -0.3 is 5.32 Å². The van der Waals surface area contributed by atoms with Crippen LogP contribution in [-0.2, 0) is 0 Å². The molecule has 3 aromatic rings. The Balaban J connectivity index is 1.93. The molecule has 4 heteroatoms. The van der Waals surface area contributed by atoms with Crippen LogP contribution in [0.2, 0.25) is 0 Å². The maximum Gasteiger partial charge on any atom is 0.265 e. The number of benzene rings is 2. The minimum absolute atomic E-state index is 0.156. The molecule has 0 aliphatic heterocycles. The molecule has 1 amide bonds. The number of anilines is 1. The third kappa shape index (κ3) is 2.74. The van der Waals surface area contributed by atoms with E-state index >= 15 is 0 Å². The van der Waals surface area contributed by atoms with E-state index in [1.165, 1.54) is 29.0 Å². The molecule has 2 aromatic carbocycles. The second-order valence-electron chi connectivity index (χ2n) is 5.52. The normalized spacial score (nSPS) is 10.9. The van der Waals surface area contributed by atoms with Gasteiger partial charge in [-0.05, 0) is 61.5 Å². The van der Waals surface area contributed by atoms with Crippen molar-refractivity contribution in [2.45, 2.75) is 20.8 Å². The van der Waals surface area contributed by atoms with Gasteiger partial charge in [-0.25, -0.2) is 4.39 Å². The Bertz CT molecular complexity index is 859. The summed E-state index contributed by atoms with van der Waals surface area (Å²) in [6.45, 7) is 6.00. The molecule has 0 saturated heterocycles. The van der Waals surface area contributed by atoms with Gasteiger partial charge in [0.1, 0.15) is 5.82 Å². The van der Waals surface area contributed by atoms with Crippen LogP contribution < -0.4 is 5.32 Å². The summed E-state index contributed by atoms with van der Waals surface area (Å²) in [5.41, 5.74) is 4.10. The number of amides is 1. The maximum atomic E-state index is 13.2. The average Bonchev–Trinajstić information content (AvgIpc) is 2.85. The monoisotopic (exact) mass is 313 g/mol. The highest BCUT2D eigenvalue weighted by Gasteiger charge is 2.13. The highest BCUT2D eigenvalue weighted by Crippen LogP contribution is 2.28. The van der Waals surface area contributed by atoms with Crippen LogP contribution in [0.3, 0.4) is 0 Å². The van der Waals surface area contributed by atoms with Crippen LogP contribution in [0.4, 0.5) is 10.1 Å². The fourth-order valence-electron chi connectivity index (χ4n) is 2.68. The van der Waals surface area contributed by atoms with Gasteiger partial charge in [0, 0.05) is 10.4 Å². The minimum Gasteiger partial charge on any atom is -0.321 e. The van der Waals surface area contributed by atoms with Crippen LogP contribution in [0.1, 0.15) is 26.4 Å². The molecule has 0 radical (unpaired) electrons. The fourth-order valence-corrected chi connectivity index (χ4v) is 3.62. The number of hydrogen-bond donors (Lipinski definition) is 1. The van der Waals surface area contributed by atoms with Gasteiger partial charge in [-0.1, -0.05) is 17.7 Å². The standard InChI is InChI=1S/C18H16FNOS/c1-10-6-11(2)17(12(3)7-10)20-18(21)16-9-13-8-14(19)4-5-15(13)22-16/h4-9H,1-3H3,(H,20,21). The number of nitrogens with one attached hydrogen (secondary N) is 1. The van der Waals surface area contributed by atoms with Crippen LogP contribution in [-0.4, -0.2) is 5.91 Å². The molecule has 22 heavy (non-hydrogen) atoms. The predicted molar refractivity (Wildman–Crippen MR) is 90.4 cm³/mol. The zero-order valence-corrected chi connectivity index (χ0v) is 13.5. The van der Waals surface area contributed by atoms with Gasteiger partial charge in [-0.2, -0.15) is 0 Å². The van der Waals surface area contributed by atoms with E-state index in [0.29, 0.717) is 4.88 Å². The smallest absolute Gasteiger partial charge is 0.265 e. The van der Waals surface area contributed by atoms with Crippen LogP contribution in [0.5, 0.6) is 0 Å². The van der Waals surface area contributed by atoms with Crippen molar-refractivity contribution >= 4 is 33.0 Å². The van der Waals surface area contributed by atoms with Gasteiger partial charge in [0.15, 0.2) is 0 Å². The predicted octanol–water partition coefficient (Wildman–Crippen LogP) is 5.22. The summed E-state index contributed by atoms with van der Waals surface area (Å²) in [4.78, 5) is 13.0. The van der Waals surface area contributed by atoms with Gasteiger partial charge >= 0.3 is 0 Å². The lowest BCUT2D eigenvalue weighted by Gasteiger charge is -2.12. The molecule has 0 spiro atoms. The lowest BCUT2D eigenvalue weighted by Crippen LogP contribution is -2.12. The zero-order chi connectivity index (χ0) is 15.9. The number of carbonyl (C=O) groups excluding carboxylic acids is 1. The molecule has 0 aliphatic rings. The first-order chi connectivity index (χ1) is 10.4. The minimum atomic E-state index is -0.289. The van der Waals surface area contributed by atoms with Gasteiger partial charge in [-0.15, -0.1) is 11.3 Å². The van der Waals surface area contributed by atoms with Crippen molar-refractivity contribution in [1.82, 2.24) is 0 Å². The number of thiophene rings is 1. The molecule has 0 unspecified atom stereocenters. The largest absolute Gasteiger partial charge is 0.321 e. The number of fused-ring (bicyclic) bond motifs is 1. The van der Waals surface area contributed by atoms with E-state index in [1.807, 2.05) is 32.9 Å². The van der Waals surface area contributed by atoms with E-state index in [-0.39, 0.29) is 11.7 Å². The second-order valence-corrected chi connectivity index (χ2v) is 6.60. The first-order valence-corrected chi connectivity index (χ1v) is 7.84. The van der Waals surface area contributed by atoms with Gasteiger partial charge in [0.05, 0.1) is 4.88 Å². The van der Waals surface area contributed by atoms with Crippen molar-refractivity contribution in [2.24, 2.45) is 0 Å². The van der Waals surface area contributed by atoms with Crippen molar-refractivity contribution < 1.29 is 9.18 Å². The van der Waals surface area contributed by atoms with E-state index in [0.717, 1.165) is 26.9 Å². The van der Waals surface area contributed by atoms with E-state index in [9.17, 15) is 9.18 Å². The Hall–Kier alpha value is -2.20. The van der Waals surface area contributed by atoms with Crippen molar-refractivity contribution in [1.29, 1.82) is 0 Å². The molecule has 112 valence electrons. The third-order valence-electron chi connectivity index (χ3n) is 3.62. The summed E-state index contributed by atoms with van der Waals surface area (Å²) in [5.74, 6) is -0.445. The second kappa shape index (κ2) is 5.54. The van der Waals surface area contributed by atoms with Crippen LogP contribution in [0, 0.1) is 26.6 Å². The Kier molecular flexibility index (Phi) is 3.71. The summed E-state index contributed by atoms with van der Waals surface area (Å²) in [7, 11) is 0. The van der Waals surface area contributed by atoms with Crippen molar-refractivity contribution in [3.8, 4) is 0 Å². The van der Waals surface area contributed by atoms with Crippen molar-refractivity contribution in [3.63, 3.8) is 0 Å². The summed E-state index contributed by atoms with van der Waals surface area (Å²) < 4.78 is 14.1. The highest BCUT2D eigenvalue weighted by molar-refractivity contribution is 7.20. The molecule has 0 atom stereocenters. The third-order valence-corrected chi connectivity index (χ3v) is 4.73. The molecule has 0 saturated carbocycles. The van der Waals surface area contributed by atoms with Gasteiger partial charge in [0.25, 0.3) is 5.91 Å². The summed E-state index contributed by atoms with van der Waals surface area (Å²) in [6, 6.07) is 10.4. The lowest BCUT2D eigenvalue weighted by molar-refractivity contribution is 0.103. The topological polar surface area (TPSA) is 29.1 Å². The Morgan fingerprint density at radius 1 is 1.05 bits per heavy atom. The van der Waals surface area contributed by atoms with Gasteiger partial charge in [-0.3, -0.25) is 4.79 Å². The van der Waals surface area contributed by atoms with E-state index in [2.05, 4.69) is 5.32 Å². The van der Waals surface area contributed by atoms with Crippen LogP contribution in [0.25, 0.3) is 10.1 Å². The molecule has 2 nitrogen and oxygen atoms in total. The quantitative estimate of drug-likeness (QED) is 0.690. The Morgan fingerprint density at radius 3 is 2.41 bits per heavy atom. The van der Waals surface area contributed by atoms with Crippen molar-refractivity contribution in [2.75, 3.05) is 5.32 Å². The molecule has 3 rings (SSSR count). The Morgan fingerprint density at radius 2 is 1.73 bits per heavy atom. The molecular formula is C18H16FNOS. The molecule has 1 N–H and O–H groups in total. The molecule has 0 fully saturated rings. The molecule has 0 bridgehead atoms. The Labute approximate surface area is 132 Å². The van der Waals surface area contributed by atoms with Gasteiger partial charge in [0.2, 0.25) is 0 Å². The van der Waals surface area contributed by atoms with Crippen molar-refractivity contribution in [3.05, 3.63) is 63.8 Å². The zero-order valence-electron chi connectivity index (χ0n) is 12.7. The van der Waals surface area contributed by atoms with Crippen LogP contribution in [0.15, 0.2) is 36.4 Å². The molecule has 0 aliphatic carbocycles. The van der Waals surface area contributed by atoms with Crippen LogP contribution >= 0.6 is 11.3 Å². The fraction of sp³-hybridized carbons (Fsp3) is 0.167. The van der Waals surface area contributed by atoms with E-state index < -0.39 is 0 Å². The first kappa shape index (κ1) is 14.7. The first-order valence-electron chi connectivity index (χ1n) is 7.02. The van der Waals surface area contributed by atoms with E-state index in [1.54, 1.807) is 12.1 Å². The molecule has 1 aromatic heterocycles. The van der Waals surface area contributed by atoms with E-state index in [4.69, 9.17) is 0 Å². The lowest BCUT2D eigenvalue weighted by atomic mass is 10.1. The molecule has 1 heterocycles. The number of rotatable bonds is 2. The number of carbonyl (C=O) groups is 1. The SMILES string of the molecule is Cc1cc(C)c(NC(=O)c2cc3cc(F)ccc3s2)c(C)c1. The number of halogens is 1. The average molecular weight is 313 g/mol. The summed E-state index contributed by atoms with van der Waals surface area (Å²) in [6.07, 6.45) is 0. The number of aryl methyl sites for hydroxylation is 3. The number of hydrogen-bond acceptors (Lipinski definition) is 2. The summed E-state index contributed by atoms with van der Waals surface area (Å²) >= 11 is 1.37. The maximum absolute atomic E-state index is 13.2. The highest BCUT2D eigenvalue weighted by atomic mass is 32.1. The summed E-state index contributed by atoms with van der Waals surface area (Å²) in [5, 5.41) is 3.73. The molecular weight excluding hydrogens is 297 g/mol.